The van der Waals surface area contributed by atoms with Crippen molar-refractivity contribution in [3.05, 3.63) is 17.7 Å². The third-order valence-corrected chi connectivity index (χ3v) is 2.89. The second kappa shape index (κ2) is 6.64. The third kappa shape index (κ3) is 3.38. The van der Waals surface area contributed by atoms with Crippen molar-refractivity contribution in [1.29, 1.82) is 5.26 Å². The minimum Gasteiger partial charge on any atom is -0.493 e. The van der Waals surface area contributed by atoms with Crippen LogP contribution in [-0.2, 0) is 4.79 Å². The molecule has 5 heteroatoms. The second-order valence-electron chi connectivity index (χ2n) is 4.10. The highest BCUT2D eigenvalue weighted by atomic mass is 16.5. The molecular formula is C14H18N2O3. The molecule has 19 heavy (non-hydrogen) atoms. The number of hydrogen-bond acceptors (Lipinski definition) is 4. The van der Waals surface area contributed by atoms with Gasteiger partial charge < -0.3 is 14.4 Å². The predicted octanol–water partition coefficient (Wildman–Crippen LogP) is 2.28. The van der Waals surface area contributed by atoms with Crippen LogP contribution < -0.4 is 14.4 Å². The molecular weight excluding hydrogens is 244 g/mol. The Labute approximate surface area is 113 Å². The summed E-state index contributed by atoms with van der Waals surface area (Å²) in [6, 6.07) is 5.55. The van der Waals surface area contributed by atoms with Crippen molar-refractivity contribution in [1.82, 2.24) is 0 Å². The van der Waals surface area contributed by atoms with Gasteiger partial charge in [0.05, 0.1) is 26.0 Å². The molecule has 1 aromatic carbocycles. The van der Waals surface area contributed by atoms with Gasteiger partial charge in [-0.2, -0.15) is 5.26 Å². The van der Waals surface area contributed by atoms with Crippen LogP contribution in [0.4, 0.5) is 5.69 Å². The summed E-state index contributed by atoms with van der Waals surface area (Å²) in [5.74, 6) is 1.10. The van der Waals surface area contributed by atoms with Crippen LogP contribution in [0.25, 0.3) is 0 Å². The number of nitriles is 1. The molecule has 0 aliphatic carbocycles. The van der Waals surface area contributed by atoms with Crippen LogP contribution in [0.15, 0.2) is 12.1 Å². The van der Waals surface area contributed by atoms with Gasteiger partial charge in [-0.15, -0.1) is 0 Å². The first kappa shape index (κ1) is 14.8. The number of aryl methyl sites for hydroxylation is 1. The van der Waals surface area contributed by atoms with Crippen molar-refractivity contribution >= 4 is 11.6 Å². The maximum Gasteiger partial charge on any atom is 0.227 e. The van der Waals surface area contributed by atoms with Crippen LogP contribution in [0.2, 0.25) is 0 Å². The van der Waals surface area contributed by atoms with E-state index in [1.807, 2.05) is 19.1 Å². The molecule has 0 aliphatic rings. The summed E-state index contributed by atoms with van der Waals surface area (Å²) >= 11 is 0. The molecule has 1 rings (SSSR count). The molecule has 0 saturated carbocycles. The lowest BCUT2D eigenvalue weighted by molar-refractivity contribution is -0.118. The first-order valence-corrected chi connectivity index (χ1v) is 5.91. The van der Waals surface area contributed by atoms with Gasteiger partial charge in [-0.05, 0) is 18.6 Å². The highest BCUT2D eigenvalue weighted by Gasteiger charge is 2.16. The van der Waals surface area contributed by atoms with Crippen LogP contribution >= 0.6 is 0 Å². The highest BCUT2D eigenvalue weighted by Crippen LogP contribution is 2.34. The maximum atomic E-state index is 11.9. The minimum absolute atomic E-state index is 0.100. The summed E-state index contributed by atoms with van der Waals surface area (Å²) < 4.78 is 10.4. The number of hydrogen-bond donors (Lipinski definition) is 0. The van der Waals surface area contributed by atoms with Crippen molar-refractivity contribution in [2.45, 2.75) is 19.8 Å². The standard InChI is InChI=1S/C14H18N2O3/c1-10-8-12(18-3)13(19-4)9-11(10)16(2)14(17)6-5-7-15/h8-9H,5-6H2,1-4H3. The molecule has 0 spiro atoms. The fourth-order valence-electron chi connectivity index (χ4n) is 1.80. The summed E-state index contributed by atoms with van der Waals surface area (Å²) in [4.78, 5) is 13.4. The van der Waals surface area contributed by atoms with E-state index in [0.717, 1.165) is 11.3 Å². The molecule has 0 aromatic heterocycles. The Balaban J connectivity index is 3.06. The number of carbonyl (C=O) groups is 1. The minimum atomic E-state index is -0.100. The zero-order valence-corrected chi connectivity index (χ0v) is 11.7. The van der Waals surface area contributed by atoms with Gasteiger partial charge >= 0.3 is 0 Å². The summed E-state index contributed by atoms with van der Waals surface area (Å²) in [6.45, 7) is 1.89. The SMILES string of the molecule is COc1cc(C)c(N(C)C(=O)CCC#N)cc1OC. The number of ether oxygens (including phenoxy) is 2. The first-order valence-electron chi connectivity index (χ1n) is 5.91. The smallest absolute Gasteiger partial charge is 0.227 e. The van der Waals surface area contributed by atoms with Gasteiger partial charge in [-0.1, -0.05) is 0 Å². The molecule has 102 valence electrons. The summed E-state index contributed by atoms with van der Waals surface area (Å²) in [5.41, 5.74) is 1.66. The zero-order chi connectivity index (χ0) is 14.4. The molecule has 0 saturated heterocycles. The summed E-state index contributed by atoms with van der Waals surface area (Å²) in [7, 11) is 4.81. The Kier molecular flexibility index (Phi) is 5.19. The van der Waals surface area contributed by atoms with Crippen molar-refractivity contribution < 1.29 is 14.3 Å². The van der Waals surface area contributed by atoms with E-state index < -0.39 is 0 Å². The summed E-state index contributed by atoms with van der Waals surface area (Å²) in [6.07, 6.45) is 0.427. The molecule has 1 amide bonds. The molecule has 0 aliphatic heterocycles. The van der Waals surface area contributed by atoms with E-state index in [0.29, 0.717) is 11.5 Å². The van der Waals surface area contributed by atoms with E-state index in [2.05, 4.69) is 0 Å². The monoisotopic (exact) mass is 262 g/mol. The Morgan fingerprint density at radius 3 is 2.42 bits per heavy atom. The number of amides is 1. The number of carbonyl (C=O) groups excluding carboxylic acids is 1. The molecule has 0 unspecified atom stereocenters. The van der Waals surface area contributed by atoms with Crippen LogP contribution in [0.5, 0.6) is 11.5 Å². The Morgan fingerprint density at radius 1 is 1.32 bits per heavy atom. The van der Waals surface area contributed by atoms with E-state index in [-0.39, 0.29) is 18.7 Å². The van der Waals surface area contributed by atoms with Crippen molar-refractivity contribution in [3.8, 4) is 17.6 Å². The fourth-order valence-corrected chi connectivity index (χ4v) is 1.80. The molecule has 0 atom stereocenters. The fraction of sp³-hybridized carbons (Fsp3) is 0.429. The second-order valence-corrected chi connectivity index (χ2v) is 4.10. The van der Waals surface area contributed by atoms with E-state index in [9.17, 15) is 4.79 Å². The lowest BCUT2D eigenvalue weighted by atomic mass is 10.1. The zero-order valence-electron chi connectivity index (χ0n) is 11.7. The maximum absolute atomic E-state index is 11.9. The van der Waals surface area contributed by atoms with Gasteiger partial charge in [-0.25, -0.2) is 0 Å². The van der Waals surface area contributed by atoms with E-state index in [1.165, 1.54) is 4.90 Å². The van der Waals surface area contributed by atoms with Crippen molar-refractivity contribution in [3.63, 3.8) is 0 Å². The lowest BCUT2D eigenvalue weighted by Gasteiger charge is -2.21. The topological polar surface area (TPSA) is 62.6 Å². The number of methoxy groups -OCH3 is 2. The van der Waals surface area contributed by atoms with Gasteiger partial charge in [0.15, 0.2) is 11.5 Å². The Hall–Kier alpha value is -2.22. The lowest BCUT2D eigenvalue weighted by Crippen LogP contribution is -2.26. The molecule has 0 N–H and O–H groups in total. The Bertz CT molecular complexity index is 506. The molecule has 0 bridgehead atoms. The molecule has 5 nitrogen and oxygen atoms in total. The van der Waals surface area contributed by atoms with Crippen LogP contribution in [0, 0.1) is 18.3 Å². The van der Waals surface area contributed by atoms with Crippen LogP contribution in [0.3, 0.4) is 0 Å². The third-order valence-electron chi connectivity index (χ3n) is 2.89. The molecule has 0 heterocycles. The van der Waals surface area contributed by atoms with E-state index >= 15 is 0 Å². The molecule has 1 aromatic rings. The number of anilines is 1. The number of rotatable bonds is 5. The Morgan fingerprint density at radius 2 is 1.89 bits per heavy atom. The molecule has 0 fully saturated rings. The predicted molar refractivity (Wildman–Crippen MR) is 72.5 cm³/mol. The highest BCUT2D eigenvalue weighted by molar-refractivity contribution is 5.94. The van der Waals surface area contributed by atoms with Gasteiger partial charge in [0.25, 0.3) is 0 Å². The molecule has 0 radical (unpaired) electrons. The van der Waals surface area contributed by atoms with Crippen LogP contribution in [0.1, 0.15) is 18.4 Å². The average Bonchev–Trinajstić information content (AvgIpc) is 2.43. The number of nitrogens with zero attached hydrogens (tertiary/aromatic N) is 2. The first-order chi connectivity index (χ1) is 9.04. The van der Waals surface area contributed by atoms with Gasteiger partial charge in [-0.3, -0.25) is 4.79 Å². The van der Waals surface area contributed by atoms with E-state index in [1.54, 1.807) is 27.3 Å². The summed E-state index contributed by atoms with van der Waals surface area (Å²) in [5, 5.41) is 8.52. The van der Waals surface area contributed by atoms with Crippen molar-refractivity contribution in [2.75, 3.05) is 26.2 Å². The van der Waals surface area contributed by atoms with Crippen LogP contribution in [-0.4, -0.2) is 27.2 Å². The van der Waals surface area contributed by atoms with Gasteiger partial charge in [0, 0.05) is 26.0 Å². The van der Waals surface area contributed by atoms with Gasteiger partial charge in [0.1, 0.15) is 0 Å². The van der Waals surface area contributed by atoms with Crippen molar-refractivity contribution in [2.24, 2.45) is 0 Å². The average molecular weight is 262 g/mol. The van der Waals surface area contributed by atoms with Gasteiger partial charge in [0.2, 0.25) is 5.91 Å². The quantitative estimate of drug-likeness (QED) is 0.816. The largest absolute Gasteiger partial charge is 0.493 e. The number of benzene rings is 1. The normalized spacial score (nSPS) is 9.63. The van der Waals surface area contributed by atoms with E-state index in [4.69, 9.17) is 14.7 Å².